The van der Waals surface area contributed by atoms with Gasteiger partial charge in [0, 0.05) is 0 Å². The predicted molar refractivity (Wildman–Crippen MR) is 77.6 cm³/mol. The number of halogens is 2. The molecular formula is C13H10Cl2N4. The average molecular weight is 293 g/mol. The first-order chi connectivity index (χ1) is 9.25. The van der Waals surface area contributed by atoms with E-state index in [1.807, 2.05) is 36.4 Å². The lowest BCUT2D eigenvalue weighted by Crippen LogP contribution is -2.09. The smallest absolute Gasteiger partial charge is 0.113 e. The van der Waals surface area contributed by atoms with Crippen molar-refractivity contribution >= 4 is 39.9 Å². The van der Waals surface area contributed by atoms with Crippen LogP contribution in [0, 0.1) is 0 Å². The topological polar surface area (TPSA) is 42.7 Å². The predicted octanol–water partition coefficient (Wildman–Crippen LogP) is 3.81. The van der Waals surface area contributed by atoms with E-state index >= 15 is 0 Å². The molecule has 0 atom stereocenters. The highest BCUT2D eigenvalue weighted by Gasteiger charge is 2.06. The number of aromatic nitrogens is 3. The zero-order valence-electron chi connectivity index (χ0n) is 9.85. The zero-order valence-corrected chi connectivity index (χ0v) is 11.4. The van der Waals surface area contributed by atoms with Gasteiger partial charge in [-0.15, -0.1) is 5.10 Å². The lowest BCUT2D eigenvalue weighted by atomic mass is 10.3. The first-order valence-electron chi connectivity index (χ1n) is 5.72. The fourth-order valence-electron chi connectivity index (χ4n) is 1.83. The molecule has 0 unspecified atom stereocenters. The number of nitrogens with zero attached hydrogens (tertiary/aromatic N) is 3. The summed E-state index contributed by atoms with van der Waals surface area (Å²) in [4.78, 5) is 0. The van der Waals surface area contributed by atoms with Gasteiger partial charge in [-0.2, -0.15) is 0 Å². The third-order valence-corrected chi connectivity index (χ3v) is 3.61. The summed E-state index contributed by atoms with van der Waals surface area (Å²) in [7, 11) is 0. The summed E-state index contributed by atoms with van der Waals surface area (Å²) in [6, 6.07) is 13.2. The van der Waals surface area contributed by atoms with Crippen molar-refractivity contribution < 1.29 is 0 Å². The standard InChI is InChI=1S/C13H10Cl2N4/c14-9-4-3-6-11(13(9)15)16-8-19-12-7-2-1-5-10(12)17-18-19/h1-7,16H,8H2. The molecule has 0 aliphatic heterocycles. The molecule has 3 rings (SSSR count). The third-order valence-electron chi connectivity index (χ3n) is 2.79. The van der Waals surface area contributed by atoms with Crippen LogP contribution in [0.4, 0.5) is 5.69 Å². The highest BCUT2D eigenvalue weighted by atomic mass is 35.5. The number of rotatable bonds is 3. The summed E-state index contributed by atoms with van der Waals surface area (Å²) in [5.74, 6) is 0. The summed E-state index contributed by atoms with van der Waals surface area (Å²) in [5.41, 5.74) is 2.60. The Morgan fingerprint density at radius 3 is 2.79 bits per heavy atom. The maximum Gasteiger partial charge on any atom is 0.113 e. The molecule has 0 aliphatic rings. The van der Waals surface area contributed by atoms with Crippen LogP contribution < -0.4 is 5.32 Å². The van der Waals surface area contributed by atoms with Crippen molar-refractivity contribution in [1.82, 2.24) is 15.0 Å². The van der Waals surface area contributed by atoms with Gasteiger partial charge in [0.05, 0.1) is 21.2 Å². The molecule has 2 aromatic carbocycles. The molecule has 0 aliphatic carbocycles. The Bertz CT molecular complexity index is 723. The number of fused-ring (bicyclic) bond motifs is 1. The summed E-state index contributed by atoms with van der Waals surface area (Å²) >= 11 is 12.1. The van der Waals surface area contributed by atoms with Crippen LogP contribution in [0.3, 0.4) is 0 Å². The molecule has 0 bridgehead atoms. The van der Waals surface area contributed by atoms with E-state index in [9.17, 15) is 0 Å². The van der Waals surface area contributed by atoms with Crippen LogP contribution in [0.15, 0.2) is 42.5 Å². The van der Waals surface area contributed by atoms with Gasteiger partial charge in [-0.05, 0) is 24.3 Å². The lowest BCUT2D eigenvalue weighted by molar-refractivity contribution is 0.655. The van der Waals surface area contributed by atoms with Crippen LogP contribution in [0.1, 0.15) is 0 Å². The highest BCUT2D eigenvalue weighted by molar-refractivity contribution is 6.43. The molecule has 96 valence electrons. The van der Waals surface area contributed by atoms with Crippen LogP contribution in [-0.2, 0) is 6.67 Å². The van der Waals surface area contributed by atoms with E-state index in [0.717, 1.165) is 16.7 Å². The number of hydrogen-bond donors (Lipinski definition) is 1. The Labute approximate surface area is 119 Å². The van der Waals surface area contributed by atoms with Crippen LogP contribution >= 0.6 is 23.2 Å². The van der Waals surface area contributed by atoms with Gasteiger partial charge in [0.15, 0.2) is 0 Å². The summed E-state index contributed by atoms with van der Waals surface area (Å²) in [6.07, 6.45) is 0. The van der Waals surface area contributed by atoms with E-state index in [4.69, 9.17) is 23.2 Å². The second-order valence-corrected chi connectivity index (χ2v) is 4.80. The van der Waals surface area contributed by atoms with Crippen LogP contribution in [-0.4, -0.2) is 15.0 Å². The fraction of sp³-hybridized carbons (Fsp3) is 0.0769. The van der Waals surface area contributed by atoms with E-state index in [-0.39, 0.29) is 0 Å². The molecule has 0 saturated heterocycles. The van der Waals surface area contributed by atoms with E-state index in [1.165, 1.54) is 0 Å². The van der Waals surface area contributed by atoms with E-state index in [1.54, 1.807) is 10.7 Å². The molecule has 0 spiro atoms. The number of anilines is 1. The van der Waals surface area contributed by atoms with Crippen molar-refractivity contribution in [1.29, 1.82) is 0 Å². The number of hydrogen-bond acceptors (Lipinski definition) is 3. The van der Waals surface area contributed by atoms with Gasteiger partial charge >= 0.3 is 0 Å². The van der Waals surface area contributed by atoms with Crippen molar-refractivity contribution in [2.45, 2.75) is 6.67 Å². The minimum Gasteiger partial charge on any atom is -0.365 e. The molecule has 0 radical (unpaired) electrons. The Kier molecular flexibility index (Phi) is 3.27. The van der Waals surface area contributed by atoms with Gasteiger partial charge in [0.1, 0.15) is 12.2 Å². The molecule has 1 aromatic heterocycles. The van der Waals surface area contributed by atoms with Gasteiger partial charge in [0.2, 0.25) is 0 Å². The van der Waals surface area contributed by atoms with Crippen molar-refractivity contribution in [3.63, 3.8) is 0 Å². The van der Waals surface area contributed by atoms with Crippen molar-refractivity contribution in [2.24, 2.45) is 0 Å². The second-order valence-electron chi connectivity index (χ2n) is 4.01. The summed E-state index contributed by atoms with van der Waals surface area (Å²) < 4.78 is 1.77. The molecule has 6 heteroatoms. The molecule has 4 nitrogen and oxygen atoms in total. The maximum atomic E-state index is 6.11. The molecule has 0 amide bonds. The van der Waals surface area contributed by atoms with Crippen LogP contribution in [0.5, 0.6) is 0 Å². The summed E-state index contributed by atoms with van der Waals surface area (Å²) in [6.45, 7) is 0.473. The minimum absolute atomic E-state index is 0.473. The first kappa shape index (κ1) is 12.3. The number of para-hydroxylation sites is 1. The molecule has 19 heavy (non-hydrogen) atoms. The van der Waals surface area contributed by atoms with Crippen LogP contribution in [0.25, 0.3) is 11.0 Å². The van der Waals surface area contributed by atoms with Gasteiger partial charge < -0.3 is 5.32 Å². The van der Waals surface area contributed by atoms with E-state index in [0.29, 0.717) is 16.7 Å². The lowest BCUT2D eigenvalue weighted by Gasteiger charge is -2.09. The quantitative estimate of drug-likeness (QED) is 0.798. The minimum atomic E-state index is 0.473. The Hall–Kier alpha value is -1.78. The maximum absolute atomic E-state index is 6.11. The van der Waals surface area contributed by atoms with Crippen molar-refractivity contribution in [3.8, 4) is 0 Å². The van der Waals surface area contributed by atoms with Crippen LogP contribution in [0.2, 0.25) is 10.0 Å². The number of benzene rings is 2. The largest absolute Gasteiger partial charge is 0.365 e. The van der Waals surface area contributed by atoms with Gasteiger partial charge in [0.25, 0.3) is 0 Å². The highest BCUT2D eigenvalue weighted by Crippen LogP contribution is 2.29. The van der Waals surface area contributed by atoms with Gasteiger partial charge in [-0.25, -0.2) is 4.68 Å². The third kappa shape index (κ3) is 2.37. The van der Waals surface area contributed by atoms with Gasteiger partial charge in [-0.3, -0.25) is 0 Å². The van der Waals surface area contributed by atoms with Crippen molar-refractivity contribution in [3.05, 3.63) is 52.5 Å². The second kappa shape index (κ2) is 5.07. The average Bonchev–Trinajstić information content (AvgIpc) is 2.84. The van der Waals surface area contributed by atoms with E-state index < -0.39 is 0 Å². The fourth-order valence-corrected chi connectivity index (χ4v) is 2.20. The molecule has 1 heterocycles. The Morgan fingerprint density at radius 1 is 1.05 bits per heavy atom. The van der Waals surface area contributed by atoms with Gasteiger partial charge in [-0.1, -0.05) is 46.6 Å². The molecule has 0 saturated carbocycles. The SMILES string of the molecule is Clc1cccc(NCn2nnc3ccccc32)c1Cl. The first-order valence-corrected chi connectivity index (χ1v) is 6.47. The number of nitrogens with one attached hydrogen (secondary N) is 1. The van der Waals surface area contributed by atoms with E-state index in [2.05, 4.69) is 15.6 Å². The van der Waals surface area contributed by atoms with Crippen molar-refractivity contribution in [2.75, 3.05) is 5.32 Å². The Balaban J connectivity index is 1.84. The normalized spacial score (nSPS) is 10.8. The molecule has 3 aromatic rings. The Morgan fingerprint density at radius 2 is 1.89 bits per heavy atom. The molecule has 0 fully saturated rings. The molecular weight excluding hydrogens is 283 g/mol. The molecule has 1 N–H and O–H groups in total. The monoisotopic (exact) mass is 292 g/mol. The summed E-state index contributed by atoms with van der Waals surface area (Å²) in [5, 5.41) is 12.4. The zero-order chi connectivity index (χ0) is 13.2.